The molecular weight excluding hydrogens is 701 g/mol. The lowest BCUT2D eigenvalue weighted by Crippen LogP contribution is -2.33. The number of hydrogen-bond donors (Lipinski definition) is 1. The second-order valence-corrected chi connectivity index (χ2v) is 14.6. The summed E-state index contributed by atoms with van der Waals surface area (Å²) in [7, 11) is 0. The van der Waals surface area contributed by atoms with Crippen molar-refractivity contribution in [3.63, 3.8) is 0 Å². The highest BCUT2D eigenvalue weighted by Gasteiger charge is 2.24. The topological polar surface area (TPSA) is 68.0 Å². The molecule has 4 heterocycles. The molecule has 268 valence electrons. The zero-order valence-corrected chi connectivity index (χ0v) is 30.6. The number of benzene rings is 8. The third-order valence-electron chi connectivity index (χ3n) is 11.3. The Morgan fingerprint density at radius 3 is 1.77 bits per heavy atom. The van der Waals surface area contributed by atoms with Gasteiger partial charge in [0.1, 0.15) is 34.3 Å². The Bertz CT molecular complexity index is 3390. The minimum absolute atomic E-state index is 0.294. The molecule has 3 aromatic heterocycles. The summed E-state index contributed by atoms with van der Waals surface area (Å²) in [4.78, 5) is 10.3. The predicted molar refractivity (Wildman–Crippen MR) is 233 cm³/mol. The van der Waals surface area contributed by atoms with Gasteiger partial charge in [0.2, 0.25) is 0 Å². The maximum absolute atomic E-state index is 6.63. The first kappa shape index (κ1) is 31.6. The number of aliphatic imine (C=N–C) groups is 2. The monoisotopic (exact) mass is 732 g/mol. The minimum atomic E-state index is -0.294. The Morgan fingerprint density at radius 1 is 0.456 bits per heavy atom. The number of hydrogen-bond acceptors (Lipinski definition) is 5. The molecule has 1 atom stereocenters. The van der Waals surface area contributed by atoms with Crippen LogP contribution in [0.1, 0.15) is 22.9 Å². The molecule has 57 heavy (non-hydrogen) atoms. The third kappa shape index (κ3) is 4.97. The number of rotatable bonds is 5. The van der Waals surface area contributed by atoms with Crippen LogP contribution >= 0.6 is 0 Å². The van der Waals surface area contributed by atoms with Gasteiger partial charge in [-0.05, 0) is 65.2 Å². The van der Waals surface area contributed by atoms with Crippen LogP contribution in [0.4, 0.5) is 0 Å². The lowest BCUT2D eigenvalue weighted by atomic mass is 9.97. The third-order valence-corrected chi connectivity index (χ3v) is 11.3. The number of para-hydroxylation sites is 2. The normalized spacial score (nSPS) is 14.5. The highest BCUT2D eigenvalue weighted by atomic mass is 16.3. The molecule has 0 saturated carbocycles. The van der Waals surface area contributed by atoms with E-state index < -0.39 is 0 Å². The molecule has 8 aromatic carbocycles. The molecule has 11 aromatic rings. The molecule has 12 rings (SSSR count). The first-order valence-electron chi connectivity index (χ1n) is 19.2. The van der Waals surface area contributed by atoms with Crippen molar-refractivity contribution in [3.05, 3.63) is 199 Å². The van der Waals surface area contributed by atoms with Crippen molar-refractivity contribution in [1.29, 1.82) is 0 Å². The van der Waals surface area contributed by atoms with Crippen LogP contribution in [0.5, 0.6) is 0 Å². The molecule has 1 aliphatic rings. The van der Waals surface area contributed by atoms with Crippen LogP contribution < -0.4 is 5.32 Å². The summed E-state index contributed by atoms with van der Waals surface area (Å²) in [5, 5.41) is 10.2. The number of fused-ring (bicyclic) bond motifs is 9. The quantitative estimate of drug-likeness (QED) is 0.192. The van der Waals surface area contributed by atoms with Crippen molar-refractivity contribution in [2.75, 3.05) is 0 Å². The van der Waals surface area contributed by atoms with Gasteiger partial charge in [0, 0.05) is 55.2 Å². The van der Waals surface area contributed by atoms with Gasteiger partial charge in [0.25, 0.3) is 0 Å². The van der Waals surface area contributed by atoms with Gasteiger partial charge in [-0.25, -0.2) is 9.98 Å². The summed E-state index contributed by atoms with van der Waals surface area (Å²) < 4.78 is 15.6. The fraction of sp³-hybridized carbons (Fsp3) is 0.0196. The standard InChI is InChI=1S/C51H32N4O2/c1-3-13-31(14-4-1)49-52-50(32-15-5-2-6-16-32)54-51(53-49)40-20-12-24-44-48(40)38-27-25-33(29-45(38)56-44)35-19-11-23-43-47(35)39-28-26-34(30-46(39)57-43)55-41-21-9-7-17-36(41)37-18-8-10-22-42(37)55/h1-30,49H,(H,52,53,54). The van der Waals surface area contributed by atoms with Gasteiger partial charge in [-0.2, -0.15) is 0 Å². The van der Waals surface area contributed by atoms with Crippen molar-refractivity contribution in [3.8, 4) is 16.8 Å². The molecule has 0 bridgehead atoms. The molecule has 0 saturated heterocycles. The van der Waals surface area contributed by atoms with Crippen LogP contribution in [0.2, 0.25) is 0 Å². The van der Waals surface area contributed by atoms with Gasteiger partial charge in [0.05, 0.1) is 11.0 Å². The van der Waals surface area contributed by atoms with E-state index in [-0.39, 0.29) is 6.17 Å². The van der Waals surface area contributed by atoms with Gasteiger partial charge in [0.15, 0.2) is 5.84 Å². The van der Waals surface area contributed by atoms with Crippen molar-refractivity contribution in [1.82, 2.24) is 9.88 Å². The molecule has 0 spiro atoms. The average molecular weight is 733 g/mol. The van der Waals surface area contributed by atoms with E-state index in [0.717, 1.165) is 83.2 Å². The second kappa shape index (κ2) is 12.4. The first-order valence-corrected chi connectivity index (χ1v) is 19.2. The van der Waals surface area contributed by atoms with Crippen molar-refractivity contribution >= 4 is 77.4 Å². The fourth-order valence-electron chi connectivity index (χ4n) is 8.69. The van der Waals surface area contributed by atoms with Gasteiger partial charge >= 0.3 is 0 Å². The highest BCUT2D eigenvalue weighted by Crippen LogP contribution is 2.41. The van der Waals surface area contributed by atoms with Crippen LogP contribution in [-0.2, 0) is 0 Å². The number of nitrogens with zero attached hydrogens (tertiary/aromatic N) is 3. The Hall–Kier alpha value is -7.70. The molecule has 0 radical (unpaired) electrons. The molecule has 0 aliphatic carbocycles. The summed E-state index contributed by atoms with van der Waals surface area (Å²) in [6.07, 6.45) is -0.294. The lowest BCUT2D eigenvalue weighted by molar-refractivity contribution is 0.668. The number of furan rings is 2. The van der Waals surface area contributed by atoms with Gasteiger partial charge in [-0.1, -0.05) is 127 Å². The van der Waals surface area contributed by atoms with Gasteiger partial charge < -0.3 is 18.7 Å². The molecule has 6 nitrogen and oxygen atoms in total. The zero-order valence-electron chi connectivity index (χ0n) is 30.6. The number of aromatic nitrogens is 1. The molecule has 1 N–H and O–H groups in total. The minimum Gasteiger partial charge on any atom is -0.456 e. The second-order valence-electron chi connectivity index (χ2n) is 14.6. The Balaban J connectivity index is 0.983. The maximum Gasteiger partial charge on any atom is 0.160 e. The van der Waals surface area contributed by atoms with E-state index in [2.05, 4.69) is 143 Å². The predicted octanol–water partition coefficient (Wildman–Crippen LogP) is 12.7. The van der Waals surface area contributed by atoms with Crippen molar-refractivity contribution in [2.24, 2.45) is 9.98 Å². The van der Waals surface area contributed by atoms with Gasteiger partial charge in [-0.15, -0.1) is 0 Å². The van der Waals surface area contributed by atoms with E-state index in [1.54, 1.807) is 0 Å². The van der Waals surface area contributed by atoms with Crippen LogP contribution in [-0.4, -0.2) is 16.2 Å². The SMILES string of the molecule is c1ccc(C2=NC(c3cccc4oc5cc(-c6cccc7oc8cc(-n9c%10ccccc%10c%10ccccc%109)ccc8c67)ccc5c34)=NC(c3ccccc3)N2)cc1. The number of nitrogens with one attached hydrogen (secondary N) is 1. The van der Waals surface area contributed by atoms with Crippen molar-refractivity contribution in [2.45, 2.75) is 6.17 Å². The van der Waals surface area contributed by atoms with E-state index in [1.807, 2.05) is 48.5 Å². The molecule has 0 amide bonds. The lowest BCUT2D eigenvalue weighted by Gasteiger charge is -2.23. The van der Waals surface area contributed by atoms with Crippen LogP contribution in [0.25, 0.3) is 82.5 Å². The first-order chi connectivity index (χ1) is 28.2. The van der Waals surface area contributed by atoms with E-state index in [0.29, 0.717) is 5.84 Å². The summed E-state index contributed by atoms with van der Waals surface area (Å²) >= 11 is 0. The molecule has 6 heteroatoms. The Morgan fingerprint density at radius 2 is 1.05 bits per heavy atom. The smallest absolute Gasteiger partial charge is 0.160 e. The van der Waals surface area contributed by atoms with Crippen molar-refractivity contribution < 1.29 is 8.83 Å². The molecule has 1 unspecified atom stereocenters. The summed E-state index contributed by atoms with van der Waals surface area (Å²) in [5.41, 5.74) is 11.8. The Labute approximate surface area is 326 Å². The highest BCUT2D eigenvalue weighted by molar-refractivity contribution is 6.22. The largest absolute Gasteiger partial charge is 0.456 e. The van der Waals surface area contributed by atoms with E-state index >= 15 is 0 Å². The number of amidine groups is 2. The molecule has 0 fully saturated rings. The summed E-state index contributed by atoms with van der Waals surface area (Å²) in [6.45, 7) is 0. The van der Waals surface area contributed by atoms with Crippen LogP contribution in [0, 0.1) is 0 Å². The van der Waals surface area contributed by atoms with Crippen LogP contribution in [0.15, 0.2) is 201 Å². The fourth-order valence-corrected chi connectivity index (χ4v) is 8.69. The van der Waals surface area contributed by atoms with E-state index in [1.165, 1.54) is 21.8 Å². The summed E-state index contributed by atoms with van der Waals surface area (Å²) in [6, 6.07) is 63.2. The maximum atomic E-state index is 6.63. The van der Waals surface area contributed by atoms with E-state index in [9.17, 15) is 0 Å². The molecular formula is C51H32N4O2. The zero-order chi connectivity index (χ0) is 37.5. The Kier molecular flexibility index (Phi) is 6.89. The molecule has 1 aliphatic heterocycles. The average Bonchev–Trinajstić information content (AvgIpc) is 3.96. The van der Waals surface area contributed by atoms with E-state index in [4.69, 9.17) is 18.8 Å². The van der Waals surface area contributed by atoms with Crippen LogP contribution in [0.3, 0.4) is 0 Å². The van der Waals surface area contributed by atoms with Gasteiger partial charge in [-0.3, -0.25) is 0 Å². The summed E-state index contributed by atoms with van der Waals surface area (Å²) in [5.74, 6) is 1.44.